The fourth-order valence-corrected chi connectivity index (χ4v) is 1.13. The minimum Gasteiger partial charge on any atom is -0.366 e. The maximum Gasteiger partial charge on any atom is 0.188 e. The molecule has 0 saturated carbocycles. The highest BCUT2D eigenvalue weighted by molar-refractivity contribution is 5.14. The van der Waals surface area contributed by atoms with E-state index in [0.29, 0.717) is 6.42 Å². The van der Waals surface area contributed by atoms with E-state index in [1.54, 1.807) is 0 Å². The van der Waals surface area contributed by atoms with Crippen LogP contribution in [0.4, 0.5) is 0 Å². The predicted octanol–water partition coefficient (Wildman–Crippen LogP) is 1.76. The molecule has 2 nitrogen and oxygen atoms in total. The maximum absolute atomic E-state index is 10.3. The fraction of sp³-hybridized carbons (Fsp3) is 0.400. The summed E-state index contributed by atoms with van der Waals surface area (Å²) in [5.74, 6) is 0. The number of hydrogen-bond acceptors (Lipinski definition) is 1. The molecule has 0 amide bonds. The van der Waals surface area contributed by atoms with Gasteiger partial charge >= 0.3 is 0 Å². The van der Waals surface area contributed by atoms with Gasteiger partial charge in [0.2, 0.25) is 0 Å². The van der Waals surface area contributed by atoms with Crippen molar-refractivity contribution in [2.75, 3.05) is 0 Å². The van der Waals surface area contributed by atoms with Gasteiger partial charge in [0.25, 0.3) is 0 Å². The van der Waals surface area contributed by atoms with Crippen molar-refractivity contribution in [2.24, 2.45) is 0 Å². The summed E-state index contributed by atoms with van der Waals surface area (Å²) >= 11 is 0. The SMILES string of the molecule is [O]C(O)CCCc1ccccc1. The Bertz CT molecular complexity index is 206. The smallest absolute Gasteiger partial charge is 0.188 e. The molecule has 0 heterocycles. The molecular formula is C10H13O2. The number of aryl methyl sites for hydroxylation is 1. The minimum atomic E-state index is -1.41. The van der Waals surface area contributed by atoms with E-state index in [2.05, 4.69) is 0 Å². The minimum absolute atomic E-state index is 0.342. The third-order valence-corrected chi connectivity index (χ3v) is 1.76. The third-order valence-electron chi connectivity index (χ3n) is 1.76. The zero-order valence-electron chi connectivity index (χ0n) is 6.94. The van der Waals surface area contributed by atoms with Gasteiger partial charge in [-0.2, -0.15) is 0 Å². The zero-order chi connectivity index (χ0) is 8.81. The van der Waals surface area contributed by atoms with Gasteiger partial charge in [-0.05, 0) is 18.4 Å². The van der Waals surface area contributed by atoms with Crippen LogP contribution < -0.4 is 0 Å². The Morgan fingerprint density at radius 3 is 2.50 bits per heavy atom. The molecule has 0 aliphatic heterocycles. The molecule has 65 valence electrons. The second kappa shape index (κ2) is 4.91. The molecule has 0 aromatic heterocycles. The Morgan fingerprint density at radius 1 is 1.25 bits per heavy atom. The van der Waals surface area contributed by atoms with Crippen LogP contribution in [-0.4, -0.2) is 11.4 Å². The van der Waals surface area contributed by atoms with Crippen molar-refractivity contribution in [3.05, 3.63) is 35.9 Å². The lowest BCUT2D eigenvalue weighted by molar-refractivity contribution is -0.0964. The fourth-order valence-electron chi connectivity index (χ4n) is 1.13. The van der Waals surface area contributed by atoms with Gasteiger partial charge in [-0.25, -0.2) is 5.11 Å². The number of aliphatic hydroxyl groups excluding tert-OH is 1. The van der Waals surface area contributed by atoms with Crippen molar-refractivity contribution in [3.8, 4) is 0 Å². The van der Waals surface area contributed by atoms with Gasteiger partial charge in [0.05, 0.1) is 0 Å². The van der Waals surface area contributed by atoms with Crippen LogP contribution in [0.15, 0.2) is 30.3 Å². The Kier molecular flexibility index (Phi) is 3.77. The first-order valence-electron chi connectivity index (χ1n) is 4.17. The van der Waals surface area contributed by atoms with E-state index < -0.39 is 6.29 Å². The monoisotopic (exact) mass is 165 g/mol. The Morgan fingerprint density at radius 2 is 1.92 bits per heavy atom. The lowest BCUT2D eigenvalue weighted by Gasteiger charge is -2.01. The molecule has 1 N–H and O–H groups in total. The van der Waals surface area contributed by atoms with Crippen molar-refractivity contribution < 1.29 is 10.2 Å². The number of rotatable bonds is 4. The first-order chi connectivity index (χ1) is 5.79. The lowest BCUT2D eigenvalue weighted by Crippen LogP contribution is -2.01. The van der Waals surface area contributed by atoms with Crippen LogP contribution in [0, 0.1) is 0 Å². The van der Waals surface area contributed by atoms with E-state index >= 15 is 0 Å². The van der Waals surface area contributed by atoms with Crippen LogP contribution in [-0.2, 0) is 11.5 Å². The zero-order valence-corrected chi connectivity index (χ0v) is 6.94. The van der Waals surface area contributed by atoms with Crippen molar-refractivity contribution in [1.29, 1.82) is 0 Å². The molecule has 1 rings (SSSR count). The summed E-state index contributed by atoms with van der Waals surface area (Å²) in [5.41, 5.74) is 1.22. The van der Waals surface area contributed by atoms with Gasteiger partial charge in [-0.3, -0.25) is 0 Å². The molecular weight excluding hydrogens is 152 g/mol. The first kappa shape index (κ1) is 9.23. The Hall–Kier alpha value is -0.860. The quantitative estimate of drug-likeness (QED) is 0.678. The van der Waals surface area contributed by atoms with Gasteiger partial charge in [-0.1, -0.05) is 30.3 Å². The van der Waals surface area contributed by atoms with Crippen molar-refractivity contribution in [2.45, 2.75) is 25.6 Å². The third kappa shape index (κ3) is 3.51. The molecule has 0 saturated heterocycles. The van der Waals surface area contributed by atoms with Crippen LogP contribution in [0.25, 0.3) is 0 Å². The van der Waals surface area contributed by atoms with Crippen molar-refractivity contribution >= 4 is 0 Å². The average molecular weight is 165 g/mol. The molecule has 0 fully saturated rings. The van der Waals surface area contributed by atoms with Crippen LogP contribution >= 0.6 is 0 Å². The highest BCUT2D eigenvalue weighted by atomic mass is 16.5. The van der Waals surface area contributed by atoms with Gasteiger partial charge in [0.1, 0.15) is 0 Å². The number of aliphatic hydroxyl groups is 1. The van der Waals surface area contributed by atoms with E-state index in [1.165, 1.54) is 5.56 Å². The molecule has 2 heteroatoms. The van der Waals surface area contributed by atoms with Crippen LogP contribution in [0.2, 0.25) is 0 Å². The Balaban J connectivity index is 2.25. The summed E-state index contributed by atoms with van der Waals surface area (Å²) < 4.78 is 0. The van der Waals surface area contributed by atoms with E-state index in [4.69, 9.17) is 5.11 Å². The molecule has 1 radical (unpaired) electrons. The van der Waals surface area contributed by atoms with Gasteiger partial charge in [0, 0.05) is 6.42 Å². The van der Waals surface area contributed by atoms with Gasteiger partial charge < -0.3 is 5.11 Å². The number of benzene rings is 1. The summed E-state index contributed by atoms with van der Waals surface area (Å²) in [6, 6.07) is 9.96. The molecule has 1 atom stereocenters. The second-order valence-electron chi connectivity index (χ2n) is 2.83. The highest BCUT2D eigenvalue weighted by Gasteiger charge is 1.98. The second-order valence-corrected chi connectivity index (χ2v) is 2.83. The standard InChI is InChI=1S/C10H13O2/c11-10(12)8-4-7-9-5-2-1-3-6-9/h1-3,5-6,10-11H,4,7-8H2. The van der Waals surface area contributed by atoms with E-state index in [0.717, 1.165) is 12.8 Å². The molecule has 1 aromatic rings. The molecule has 0 bridgehead atoms. The largest absolute Gasteiger partial charge is 0.366 e. The predicted molar refractivity (Wildman–Crippen MR) is 46.1 cm³/mol. The summed E-state index contributed by atoms with van der Waals surface area (Å²) in [6.45, 7) is 0. The molecule has 12 heavy (non-hydrogen) atoms. The van der Waals surface area contributed by atoms with Crippen LogP contribution in [0.5, 0.6) is 0 Å². The van der Waals surface area contributed by atoms with E-state index in [-0.39, 0.29) is 0 Å². The molecule has 1 aromatic carbocycles. The summed E-state index contributed by atoms with van der Waals surface area (Å²) in [7, 11) is 0. The van der Waals surface area contributed by atoms with Crippen LogP contribution in [0.3, 0.4) is 0 Å². The molecule has 0 aliphatic carbocycles. The normalized spacial score (nSPS) is 10.6. The van der Waals surface area contributed by atoms with E-state index in [1.807, 2.05) is 30.3 Å². The van der Waals surface area contributed by atoms with Gasteiger partial charge in [-0.15, -0.1) is 0 Å². The average Bonchev–Trinajstić information content (AvgIpc) is 2.05. The number of hydrogen-bond donors (Lipinski definition) is 1. The van der Waals surface area contributed by atoms with Gasteiger partial charge in [0.15, 0.2) is 6.29 Å². The summed E-state index contributed by atoms with van der Waals surface area (Å²) in [4.78, 5) is 0. The molecule has 1 unspecified atom stereocenters. The maximum atomic E-state index is 10.3. The van der Waals surface area contributed by atoms with E-state index in [9.17, 15) is 5.11 Å². The van der Waals surface area contributed by atoms with Crippen molar-refractivity contribution in [1.82, 2.24) is 0 Å². The molecule has 0 spiro atoms. The van der Waals surface area contributed by atoms with Crippen molar-refractivity contribution in [3.63, 3.8) is 0 Å². The first-order valence-corrected chi connectivity index (χ1v) is 4.17. The summed E-state index contributed by atoms with van der Waals surface area (Å²) in [6.07, 6.45) is 0.567. The Labute approximate surface area is 72.5 Å². The van der Waals surface area contributed by atoms with Crippen LogP contribution in [0.1, 0.15) is 18.4 Å². The molecule has 0 aliphatic rings. The topological polar surface area (TPSA) is 40.1 Å². The lowest BCUT2D eigenvalue weighted by atomic mass is 10.1. The highest BCUT2D eigenvalue weighted by Crippen LogP contribution is 2.05. The summed E-state index contributed by atoms with van der Waals surface area (Å²) in [5, 5.41) is 18.7.